The predicted octanol–water partition coefficient (Wildman–Crippen LogP) is 14.1. The van der Waals surface area contributed by atoms with Crippen molar-refractivity contribution in [1.82, 2.24) is 0 Å². The number of fused-ring (bicyclic) bond motifs is 11. The van der Waals surface area contributed by atoms with Gasteiger partial charge in [0.2, 0.25) is 0 Å². The van der Waals surface area contributed by atoms with E-state index in [9.17, 15) is 0 Å². The van der Waals surface area contributed by atoms with Gasteiger partial charge >= 0.3 is 0 Å². The van der Waals surface area contributed by atoms with Crippen LogP contribution in [0.2, 0.25) is 0 Å². The molecule has 2 aliphatic heterocycles. The van der Waals surface area contributed by atoms with Crippen molar-refractivity contribution in [2.75, 3.05) is 4.90 Å². The first-order chi connectivity index (χ1) is 26.8. The van der Waals surface area contributed by atoms with Gasteiger partial charge in [0.25, 0.3) is 0 Å². The number of anilines is 3. The minimum atomic E-state index is -0.580. The maximum absolute atomic E-state index is 6.65. The van der Waals surface area contributed by atoms with Crippen molar-refractivity contribution in [1.29, 1.82) is 0 Å². The van der Waals surface area contributed by atoms with Gasteiger partial charge < -0.3 is 9.64 Å². The highest BCUT2D eigenvalue weighted by molar-refractivity contribution is 7.99. The van der Waals surface area contributed by atoms with Gasteiger partial charge in [-0.3, -0.25) is 0 Å². The monoisotopic (exact) mass is 707 g/mol. The lowest BCUT2D eigenvalue weighted by molar-refractivity contribution is 0.431. The Kier molecular flexibility index (Phi) is 7.05. The van der Waals surface area contributed by atoms with Crippen molar-refractivity contribution in [3.05, 3.63) is 222 Å². The first-order valence-electron chi connectivity index (χ1n) is 18.4. The third-order valence-corrected chi connectivity index (χ3v) is 12.3. The Morgan fingerprint density at radius 1 is 0.370 bits per heavy atom. The second-order valence-electron chi connectivity index (χ2n) is 14.1. The Balaban J connectivity index is 1.16. The summed E-state index contributed by atoms with van der Waals surface area (Å²) in [6, 6.07) is 72.7. The van der Waals surface area contributed by atoms with Crippen LogP contribution in [-0.2, 0) is 5.41 Å². The smallest absolute Gasteiger partial charge is 0.132 e. The molecule has 0 aromatic heterocycles. The van der Waals surface area contributed by atoms with Gasteiger partial charge in [0.15, 0.2) is 0 Å². The van der Waals surface area contributed by atoms with Crippen molar-refractivity contribution >= 4 is 50.4 Å². The van der Waals surface area contributed by atoms with E-state index in [0.717, 1.165) is 39.7 Å². The topological polar surface area (TPSA) is 12.5 Å². The summed E-state index contributed by atoms with van der Waals surface area (Å²) in [5.41, 5.74) is 9.97. The first-order valence-corrected chi connectivity index (χ1v) is 19.2. The number of nitrogens with zero attached hydrogens (tertiary/aromatic N) is 1. The highest BCUT2D eigenvalue weighted by Crippen LogP contribution is 2.62. The molecule has 0 N–H and O–H groups in total. The van der Waals surface area contributed by atoms with Gasteiger partial charge in [-0.15, -0.1) is 0 Å². The van der Waals surface area contributed by atoms with E-state index in [2.05, 4.69) is 205 Å². The van der Waals surface area contributed by atoms with Gasteiger partial charge in [0.1, 0.15) is 11.5 Å². The Morgan fingerprint density at radius 2 is 0.926 bits per heavy atom. The first kappa shape index (κ1) is 31.0. The van der Waals surface area contributed by atoms with Gasteiger partial charge in [-0.05, 0) is 104 Å². The van der Waals surface area contributed by atoms with Crippen LogP contribution in [0.15, 0.2) is 210 Å². The standard InChI is InChI=1S/C51H33NOS/c1-2-12-34(13-3-1)35-24-26-38(27-25-35)52(39-28-30-42-37(32-39)23-22-36-14-4-5-15-41(36)42)40-29-31-50-46(33-40)51(45-18-8-11-21-49(45)54-50)43-16-6-9-19-47(43)53-48-20-10-7-17-44(48)51/h1-33H. The molecule has 9 aromatic rings. The molecular formula is C51H33NOS. The molecule has 1 spiro atoms. The molecule has 54 heavy (non-hydrogen) atoms. The molecule has 0 amide bonds. The normalized spacial score (nSPS) is 13.4. The molecule has 3 heteroatoms. The lowest BCUT2D eigenvalue weighted by Gasteiger charge is -2.45. The van der Waals surface area contributed by atoms with E-state index in [1.807, 2.05) is 11.8 Å². The fraction of sp³-hybridized carbons (Fsp3) is 0.0196. The molecule has 254 valence electrons. The Morgan fingerprint density at radius 3 is 1.72 bits per heavy atom. The molecular weight excluding hydrogens is 675 g/mol. The summed E-state index contributed by atoms with van der Waals surface area (Å²) in [5.74, 6) is 1.79. The lowest BCUT2D eigenvalue weighted by atomic mass is 9.63. The summed E-state index contributed by atoms with van der Waals surface area (Å²) >= 11 is 1.85. The van der Waals surface area contributed by atoms with E-state index in [0.29, 0.717) is 0 Å². The number of hydrogen-bond donors (Lipinski definition) is 0. The molecule has 0 bridgehead atoms. The van der Waals surface area contributed by atoms with E-state index in [-0.39, 0.29) is 0 Å². The zero-order valence-electron chi connectivity index (χ0n) is 29.3. The maximum Gasteiger partial charge on any atom is 0.132 e. The number of para-hydroxylation sites is 2. The third kappa shape index (κ3) is 4.68. The van der Waals surface area contributed by atoms with Crippen molar-refractivity contribution in [3.63, 3.8) is 0 Å². The van der Waals surface area contributed by atoms with Gasteiger partial charge in [-0.25, -0.2) is 0 Å². The SMILES string of the molecule is c1ccc(-c2ccc(N(c3ccc4c(c3)C3(c5ccccc5Oc5ccccc53)c3ccccc3S4)c3ccc4c(ccc5ccccc54)c3)cc2)cc1. The van der Waals surface area contributed by atoms with Crippen LogP contribution in [0.25, 0.3) is 32.7 Å². The molecule has 2 heterocycles. The van der Waals surface area contributed by atoms with Crippen molar-refractivity contribution < 1.29 is 4.74 Å². The number of benzene rings is 9. The molecule has 0 unspecified atom stereocenters. The van der Waals surface area contributed by atoms with Gasteiger partial charge in [-0.1, -0.05) is 151 Å². The van der Waals surface area contributed by atoms with Gasteiger partial charge in [-0.2, -0.15) is 0 Å². The predicted molar refractivity (Wildman–Crippen MR) is 224 cm³/mol. The number of hydrogen-bond acceptors (Lipinski definition) is 3. The molecule has 0 saturated carbocycles. The lowest BCUT2D eigenvalue weighted by Crippen LogP contribution is -2.36. The molecule has 11 rings (SSSR count). The summed E-state index contributed by atoms with van der Waals surface area (Å²) in [6.45, 7) is 0. The Bertz CT molecular complexity index is 2790. The quantitative estimate of drug-likeness (QED) is 0.169. The number of rotatable bonds is 4. The highest BCUT2D eigenvalue weighted by atomic mass is 32.2. The van der Waals surface area contributed by atoms with Crippen LogP contribution in [0.4, 0.5) is 17.1 Å². The van der Waals surface area contributed by atoms with E-state index in [4.69, 9.17) is 4.74 Å². The van der Waals surface area contributed by atoms with Crippen molar-refractivity contribution in [3.8, 4) is 22.6 Å². The second kappa shape index (κ2) is 12.3. The summed E-state index contributed by atoms with van der Waals surface area (Å²) in [4.78, 5) is 4.92. The van der Waals surface area contributed by atoms with E-state index in [1.165, 1.54) is 53.6 Å². The molecule has 2 nitrogen and oxygen atoms in total. The van der Waals surface area contributed by atoms with Crippen LogP contribution in [0.3, 0.4) is 0 Å². The minimum absolute atomic E-state index is 0.580. The molecule has 0 radical (unpaired) electrons. The van der Waals surface area contributed by atoms with E-state index in [1.54, 1.807) is 0 Å². The van der Waals surface area contributed by atoms with Crippen LogP contribution in [0.5, 0.6) is 11.5 Å². The van der Waals surface area contributed by atoms with Crippen LogP contribution >= 0.6 is 11.8 Å². The molecule has 2 aliphatic rings. The van der Waals surface area contributed by atoms with Crippen molar-refractivity contribution in [2.45, 2.75) is 15.2 Å². The van der Waals surface area contributed by atoms with E-state index < -0.39 is 5.41 Å². The van der Waals surface area contributed by atoms with Gasteiger partial charge in [0, 0.05) is 38.0 Å². The fourth-order valence-corrected chi connectivity index (χ4v) is 9.94. The summed E-state index contributed by atoms with van der Waals surface area (Å²) < 4.78 is 6.65. The summed E-state index contributed by atoms with van der Waals surface area (Å²) in [6.07, 6.45) is 0. The average molecular weight is 708 g/mol. The second-order valence-corrected chi connectivity index (χ2v) is 15.1. The molecule has 0 aliphatic carbocycles. The molecule has 0 fully saturated rings. The fourth-order valence-electron chi connectivity index (χ4n) is 8.76. The zero-order valence-corrected chi connectivity index (χ0v) is 30.1. The van der Waals surface area contributed by atoms with E-state index >= 15 is 0 Å². The average Bonchev–Trinajstić information content (AvgIpc) is 3.24. The Labute approximate surface area is 318 Å². The zero-order chi connectivity index (χ0) is 35.6. The van der Waals surface area contributed by atoms with Crippen LogP contribution in [0, 0.1) is 0 Å². The van der Waals surface area contributed by atoms with Crippen molar-refractivity contribution in [2.24, 2.45) is 0 Å². The minimum Gasteiger partial charge on any atom is -0.457 e. The van der Waals surface area contributed by atoms with Crippen LogP contribution < -0.4 is 9.64 Å². The third-order valence-electron chi connectivity index (χ3n) is 11.2. The summed E-state index contributed by atoms with van der Waals surface area (Å²) in [5, 5.41) is 4.98. The highest BCUT2D eigenvalue weighted by Gasteiger charge is 2.49. The molecule has 0 atom stereocenters. The molecule has 0 saturated heterocycles. The maximum atomic E-state index is 6.65. The van der Waals surface area contributed by atoms with Crippen LogP contribution in [-0.4, -0.2) is 0 Å². The van der Waals surface area contributed by atoms with Crippen LogP contribution in [0.1, 0.15) is 22.3 Å². The molecule has 9 aromatic carbocycles. The van der Waals surface area contributed by atoms with Gasteiger partial charge in [0.05, 0.1) is 5.41 Å². The number of ether oxygens (including phenoxy) is 1. The summed E-state index contributed by atoms with van der Waals surface area (Å²) in [7, 11) is 0. The largest absolute Gasteiger partial charge is 0.457 e. The Hall–Kier alpha value is -6.55.